The summed E-state index contributed by atoms with van der Waals surface area (Å²) in [6.45, 7) is 1.94. The Morgan fingerprint density at radius 2 is 2.00 bits per heavy atom. The van der Waals surface area contributed by atoms with E-state index in [1.807, 2.05) is 37.3 Å². The lowest BCUT2D eigenvalue weighted by molar-refractivity contribution is -0.121. The van der Waals surface area contributed by atoms with Gasteiger partial charge in [-0.15, -0.1) is 0 Å². The van der Waals surface area contributed by atoms with Crippen LogP contribution in [0.25, 0.3) is 11.5 Å². The molecule has 0 saturated heterocycles. The van der Waals surface area contributed by atoms with E-state index in [0.29, 0.717) is 18.4 Å². The van der Waals surface area contributed by atoms with Crippen molar-refractivity contribution in [2.24, 2.45) is 0 Å². The van der Waals surface area contributed by atoms with Gasteiger partial charge in [0.15, 0.2) is 0 Å². The fraction of sp³-hybridized carbons (Fsp3) is 0.474. The van der Waals surface area contributed by atoms with E-state index in [2.05, 4.69) is 10.3 Å². The van der Waals surface area contributed by atoms with Crippen molar-refractivity contribution >= 4 is 5.91 Å². The van der Waals surface area contributed by atoms with E-state index in [-0.39, 0.29) is 5.91 Å². The zero-order chi connectivity index (χ0) is 16.1. The van der Waals surface area contributed by atoms with Crippen LogP contribution < -0.4 is 5.32 Å². The SMILES string of the molecule is Cc1oc(-c2ccccc2)nc1CCCC(=O)NC1CCCC1. The van der Waals surface area contributed by atoms with Gasteiger partial charge in [-0.1, -0.05) is 31.0 Å². The number of oxazole rings is 1. The van der Waals surface area contributed by atoms with E-state index in [1.54, 1.807) is 0 Å². The Kier molecular flexibility index (Phi) is 5.11. The van der Waals surface area contributed by atoms with Gasteiger partial charge < -0.3 is 9.73 Å². The molecule has 1 aromatic heterocycles. The topological polar surface area (TPSA) is 55.1 Å². The first kappa shape index (κ1) is 15.8. The molecule has 2 aromatic rings. The first-order valence-electron chi connectivity index (χ1n) is 8.53. The summed E-state index contributed by atoms with van der Waals surface area (Å²) in [6.07, 6.45) is 6.89. The van der Waals surface area contributed by atoms with Crippen molar-refractivity contribution in [2.45, 2.75) is 57.9 Å². The smallest absolute Gasteiger partial charge is 0.226 e. The number of hydrogen-bond acceptors (Lipinski definition) is 3. The van der Waals surface area contributed by atoms with Gasteiger partial charge in [-0.25, -0.2) is 4.98 Å². The van der Waals surface area contributed by atoms with Crippen molar-refractivity contribution in [3.63, 3.8) is 0 Å². The van der Waals surface area contributed by atoms with E-state index >= 15 is 0 Å². The van der Waals surface area contributed by atoms with Crippen molar-refractivity contribution in [2.75, 3.05) is 0 Å². The number of carbonyl (C=O) groups is 1. The van der Waals surface area contributed by atoms with Gasteiger partial charge in [0.25, 0.3) is 0 Å². The second kappa shape index (κ2) is 7.44. The lowest BCUT2D eigenvalue weighted by Crippen LogP contribution is -2.32. The third-order valence-electron chi connectivity index (χ3n) is 4.45. The minimum absolute atomic E-state index is 0.168. The fourth-order valence-corrected chi connectivity index (χ4v) is 3.15. The summed E-state index contributed by atoms with van der Waals surface area (Å²) in [4.78, 5) is 16.5. The molecular formula is C19H24N2O2. The maximum Gasteiger partial charge on any atom is 0.226 e. The van der Waals surface area contributed by atoms with Crippen LogP contribution in [0.1, 0.15) is 50.0 Å². The standard InChI is InChI=1S/C19H24N2O2/c1-14-17(21-19(23-14)15-8-3-2-4-9-15)12-7-13-18(22)20-16-10-5-6-11-16/h2-4,8-9,16H,5-7,10-13H2,1H3,(H,20,22). The summed E-state index contributed by atoms with van der Waals surface area (Å²) < 4.78 is 5.75. The van der Waals surface area contributed by atoms with Gasteiger partial charge in [-0.05, 0) is 44.7 Å². The van der Waals surface area contributed by atoms with Crippen LogP contribution >= 0.6 is 0 Å². The molecule has 1 N–H and O–H groups in total. The summed E-state index contributed by atoms with van der Waals surface area (Å²) in [6, 6.07) is 10.3. The van der Waals surface area contributed by atoms with Gasteiger partial charge >= 0.3 is 0 Å². The Balaban J connectivity index is 1.50. The molecular weight excluding hydrogens is 288 g/mol. The average Bonchev–Trinajstić information content (AvgIpc) is 3.18. The molecule has 1 saturated carbocycles. The minimum atomic E-state index is 0.168. The maximum absolute atomic E-state index is 11.9. The molecule has 0 atom stereocenters. The predicted molar refractivity (Wildman–Crippen MR) is 90.0 cm³/mol. The third kappa shape index (κ3) is 4.21. The predicted octanol–water partition coefficient (Wildman–Crippen LogP) is 4.03. The van der Waals surface area contributed by atoms with Gasteiger partial charge in [0.2, 0.25) is 11.8 Å². The van der Waals surface area contributed by atoms with E-state index in [4.69, 9.17) is 4.42 Å². The van der Waals surface area contributed by atoms with E-state index in [0.717, 1.165) is 42.7 Å². The number of rotatable bonds is 6. The Labute approximate surface area is 137 Å². The zero-order valence-corrected chi connectivity index (χ0v) is 13.7. The number of hydrogen-bond donors (Lipinski definition) is 1. The highest BCUT2D eigenvalue weighted by atomic mass is 16.4. The van der Waals surface area contributed by atoms with Crippen LogP contribution in [-0.4, -0.2) is 16.9 Å². The van der Waals surface area contributed by atoms with Gasteiger partial charge in [0, 0.05) is 18.0 Å². The Hall–Kier alpha value is -2.10. The van der Waals surface area contributed by atoms with Crippen LogP contribution in [0.4, 0.5) is 0 Å². The third-order valence-corrected chi connectivity index (χ3v) is 4.45. The van der Waals surface area contributed by atoms with Gasteiger partial charge in [-0.3, -0.25) is 4.79 Å². The normalized spacial score (nSPS) is 15.0. The van der Waals surface area contributed by atoms with Crippen LogP contribution in [0.5, 0.6) is 0 Å². The molecule has 0 radical (unpaired) electrons. The van der Waals surface area contributed by atoms with Gasteiger partial charge in [-0.2, -0.15) is 0 Å². The molecule has 0 spiro atoms. The number of carbonyl (C=O) groups excluding carboxylic acids is 1. The molecule has 1 fully saturated rings. The Morgan fingerprint density at radius 3 is 2.74 bits per heavy atom. The Morgan fingerprint density at radius 1 is 1.26 bits per heavy atom. The molecule has 23 heavy (non-hydrogen) atoms. The minimum Gasteiger partial charge on any atom is -0.441 e. The summed E-state index contributed by atoms with van der Waals surface area (Å²) in [7, 11) is 0. The summed E-state index contributed by atoms with van der Waals surface area (Å²) in [5.74, 6) is 1.68. The van der Waals surface area contributed by atoms with Crippen LogP contribution in [0.3, 0.4) is 0 Å². The fourth-order valence-electron chi connectivity index (χ4n) is 3.15. The van der Waals surface area contributed by atoms with E-state index in [9.17, 15) is 4.79 Å². The van der Waals surface area contributed by atoms with Crippen LogP contribution in [0, 0.1) is 6.92 Å². The molecule has 4 heteroatoms. The van der Waals surface area contributed by atoms with Crippen molar-refractivity contribution in [1.29, 1.82) is 0 Å². The van der Waals surface area contributed by atoms with Crippen LogP contribution in [0.15, 0.2) is 34.7 Å². The summed E-state index contributed by atoms with van der Waals surface area (Å²) in [5.41, 5.74) is 1.94. The molecule has 1 heterocycles. The monoisotopic (exact) mass is 312 g/mol. The maximum atomic E-state index is 11.9. The number of amides is 1. The van der Waals surface area contributed by atoms with Crippen molar-refractivity contribution in [1.82, 2.24) is 10.3 Å². The second-order valence-electron chi connectivity index (χ2n) is 6.29. The summed E-state index contributed by atoms with van der Waals surface area (Å²) in [5, 5.41) is 3.13. The van der Waals surface area contributed by atoms with Crippen molar-refractivity contribution in [3.8, 4) is 11.5 Å². The highest BCUT2D eigenvalue weighted by molar-refractivity contribution is 5.76. The first-order chi connectivity index (χ1) is 11.2. The molecule has 1 amide bonds. The highest BCUT2D eigenvalue weighted by Gasteiger charge is 2.17. The molecule has 4 nitrogen and oxygen atoms in total. The first-order valence-corrected chi connectivity index (χ1v) is 8.53. The largest absolute Gasteiger partial charge is 0.441 e. The number of aromatic nitrogens is 1. The number of aryl methyl sites for hydroxylation is 2. The number of nitrogens with zero attached hydrogens (tertiary/aromatic N) is 1. The molecule has 1 aliphatic rings. The van der Waals surface area contributed by atoms with Crippen LogP contribution in [0.2, 0.25) is 0 Å². The van der Waals surface area contributed by atoms with E-state index < -0.39 is 0 Å². The van der Waals surface area contributed by atoms with Crippen LogP contribution in [-0.2, 0) is 11.2 Å². The highest BCUT2D eigenvalue weighted by Crippen LogP contribution is 2.22. The molecule has 3 rings (SSSR count). The van der Waals surface area contributed by atoms with E-state index in [1.165, 1.54) is 12.8 Å². The van der Waals surface area contributed by atoms with Crippen molar-refractivity contribution < 1.29 is 9.21 Å². The zero-order valence-electron chi connectivity index (χ0n) is 13.7. The lowest BCUT2D eigenvalue weighted by atomic mass is 10.1. The van der Waals surface area contributed by atoms with Gasteiger partial charge in [0.1, 0.15) is 5.76 Å². The second-order valence-corrected chi connectivity index (χ2v) is 6.29. The lowest BCUT2D eigenvalue weighted by Gasteiger charge is -2.11. The number of nitrogens with one attached hydrogen (secondary N) is 1. The van der Waals surface area contributed by atoms with Gasteiger partial charge in [0.05, 0.1) is 5.69 Å². The molecule has 122 valence electrons. The molecule has 1 aliphatic carbocycles. The quantitative estimate of drug-likeness (QED) is 0.876. The summed E-state index contributed by atoms with van der Waals surface area (Å²) >= 11 is 0. The van der Waals surface area contributed by atoms with Crippen molar-refractivity contribution in [3.05, 3.63) is 41.8 Å². The molecule has 0 bridgehead atoms. The average molecular weight is 312 g/mol. The molecule has 0 unspecified atom stereocenters. The molecule has 1 aromatic carbocycles. The molecule has 0 aliphatic heterocycles. The number of benzene rings is 1. The Bertz CT molecular complexity index is 643.